The molecule has 0 spiro atoms. The Morgan fingerprint density at radius 3 is 2.38 bits per heavy atom. The molecule has 32 heavy (non-hydrogen) atoms. The Hall–Kier alpha value is -2.87. The second-order valence-corrected chi connectivity index (χ2v) is 8.78. The average molecular weight is 514 g/mol. The summed E-state index contributed by atoms with van der Waals surface area (Å²) in [5.74, 6) is -0.839. The predicted molar refractivity (Wildman–Crippen MR) is 125 cm³/mol. The van der Waals surface area contributed by atoms with Crippen molar-refractivity contribution in [1.82, 2.24) is 0 Å². The molecule has 162 valence electrons. The summed E-state index contributed by atoms with van der Waals surface area (Å²) in [6, 6.07) is 21.3. The van der Waals surface area contributed by atoms with Crippen LogP contribution in [-0.2, 0) is 14.4 Å². The zero-order valence-electron chi connectivity index (χ0n) is 16.9. The molecule has 0 saturated carbocycles. The number of hydrogen-bond acceptors (Lipinski definition) is 5. The summed E-state index contributed by atoms with van der Waals surface area (Å²) in [6.45, 7) is 0. The van der Waals surface area contributed by atoms with E-state index in [-0.39, 0.29) is 5.91 Å². The van der Waals surface area contributed by atoms with Crippen LogP contribution in [-0.4, -0.2) is 25.0 Å². The normalized spacial score (nSPS) is 22.4. The number of hydrogen-bond donors (Lipinski definition) is 0. The van der Waals surface area contributed by atoms with E-state index in [1.54, 1.807) is 36.4 Å². The third-order valence-corrected chi connectivity index (χ3v) is 6.68. The monoisotopic (exact) mass is 512 g/mol. The molecular weight excluding hydrogens is 496 g/mol. The van der Waals surface area contributed by atoms with Crippen molar-refractivity contribution < 1.29 is 19.2 Å². The summed E-state index contributed by atoms with van der Waals surface area (Å²) in [5, 5.41) is 1.99. The van der Waals surface area contributed by atoms with E-state index in [2.05, 4.69) is 15.9 Å². The van der Waals surface area contributed by atoms with Crippen LogP contribution in [0.15, 0.2) is 77.3 Å². The van der Waals surface area contributed by atoms with Crippen molar-refractivity contribution in [3.63, 3.8) is 0 Å². The van der Waals surface area contributed by atoms with Gasteiger partial charge in [-0.15, -0.1) is 0 Å². The van der Waals surface area contributed by atoms with Crippen LogP contribution in [0.1, 0.15) is 11.6 Å². The van der Waals surface area contributed by atoms with Crippen LogP contribution in [0.2, 0.25) is 5.02 Å². The summed E-state index contributed by atoms with van der Waals surface area (Å²) >= 11 is 9.83. The van der Waals surface area contributed by atoms with Gasteiger partial charge in [-0.05, 0) is 57.9 Å². The van der Waals surface area contributed by atoms with Gasteiger partial charge in [-0.2, -0.15) is 0 Å². The van der Waals surface area contributed by atoms with Gasteiger partial charge >= 0.3 is 0 Å². The van der Waals surface area contributed by atoms with Crippen molar-refractivity contribution >= 4 is 50.7 Å². The number of rotatable bonds is 4. The molecule has 6 nitrogen and oxygen atoms in total. The largest absolute Gasteiger partial charge is 0.496 e. The van der Waals surface area contributed by atoms with E-state index in [0.29, 0.717) is 16.5 Å². The number of carbonyl (C=O) groups excluding carboxylic acids is 2. The van der Waals surface area contributed by atoms with Crippen molar-refractivity contribution in [2.75, 3.05) is 17.1 Å². The quantitative estimate of drug-likeness (QED) is 0.451. The van der Waals surface area contributed by atoms with Gasteiger partial charge in [0.05, 0.1) is 34.0 Å². The third kappa shape index (κ3) is 3.28. The lowest BCUT2D eigenvalue weighted by molar-refractivity contribution is -0.126. The predicted octanol–water partition coefficient (Wildman–Crippen LogP) is 5.16. The topological polar surface area (TPSA) is 59.1 Å². The zero-order valence-corrected chi connectivity index (χ0v) is 19.3. The molecule has 0 N–H and O–H groups in total. The maximum atomic E-state index is 13.6. The van der Waals surface area contributed by atoms with Gasteiger partial charge < -0.3 is 4.74 Å². The SMILES string of the molecule is COc1ccc(C2C3C(=O)N(c4ccccc4Cl)C(=O)C3ON2c2ccccc2)cc1Br. The number of methoxy groups -OCH3 is 1. The number of hydroxylamine groups is 1. The fraction of sp³-hybridized carbons (Fsp3) is 0.167. The fourth-order valence-electron chi connectivity index (χ4n) is 4.29. The number of benzene rings is 3. The Morgan fingerprint density at radius 2 is 1.69 bits per heavy atom. The van der Waals surface area contributed by atoms with Crippen molar-refractivity contribution in [1.29, 1.82) is 0 Å². The summed E-state index contributed by atoms with van der Waals surface area (Å²) in [7, 11) is 1.59. The number of imide groups is 1. The minimum absolute atomic E-state index is 0.331. The van der Waals surface area contributed by atoms with Gasteiger partial charge in [-0.1, -0.05) is 48.0 Å². The maximum absolute atomic E-state index is 13.6. The molecular formula is C24H18BrClN2O4. The standard InChI is InChI=1S/C24H18BrClN2O4/c1-31-19-12-11-14(13-16(19)25)21-20-22(32-28(21)15-7-3-2-4-8-15)24(30)27(23(20)29)18-10-6-5-9-17(18)26/h2-13,20-22H,1H3. The molecule has 2 aliphatic heterocycles. The zero-order chi connectivity index (χ0) is 22.4. The molecule has 3 atom stereocenters. The Morgan fingerprint density at radius 1 is 0.969 bits per heavy atom. The first-order valence-corrected chi connectivity index (χ1v) is 11.1. The number of amides is 2. The van der Waals surface area contributed by atoms with E-state index < -0.39 is 24.0 Å². The van der Waals surface area contributed by atoms with Gasteiger partial charge in [0, 0.05) is 0 Å². The van der Waals surface area contributed by atoms with Crippen LogP contribution in [0, 0.1) is 5.92 Å². The highest BCUT2D eigenvalue weighted by Crippen LogP contribution is 2.49. The number of ether oxygens (including phenoxy) is 1. The van der Waals surface area contributed by atoms with Crippen molar-refractivity contribution in [3.8, 4) is 5.75 Å². The molecule has 3 aromatic carbocycles. The number of para-hydroxylation sites is 2. The van der Waals surface area contributed by atoms with Crippen LogP contribution in [0.4, 0.5) is 11.4 Å². The molecule has 2 fully saturated rings. The van der Waals surface area contributed by atoms with Crippen molar-refractivity contribution in [2.24, 2.45) is 5.92 Å². The molecule has 3 aromatic rings. The van der Waals surface area contributed by atoms with Gasteiger partial charge in [-0.25, -0.2) is 9.96 Å². The minimum atomic E-state index is -0.954. The van der Waals surface area contributed by atoms with Gasteiger partial charge in [0.2, 0.25) is 5.91 Å². The molecule has 2 amide bonds. The van der Waals surface area contributed by atoms with Gasteiger partial charge in [0.15, 0.2) is 6.10 Å². The van der Waals surface area contributed by atoms with Crippen molar-refractivity contribution in [2.45, 2.75) is 12.1 Å². The highest BCUT2D eigenvalue weighted by Gasteiger charge is 2.60. The lowest BCUT2D eigenvalue weighted by atomic mass is 9.90. The first-order chi connectivity index (χ1) is 15.5. The molecule has 8 heteroatoms. The number of anilines is 2. The Labute approximate surface area is 198 Å². The van der Waals surface area contributed by atoms with E-state index in [4.69, 9.17) is 21.2 Å². The summed E-state index contributed by atoms with van der Waals surface area (Å²) in [5.41, 5.74) is 1.93. The molecule has 0 aliphatic carbocycles. The van der Waals surface area contributed by atoms with Crippen LogP contribution >= 0.6 is 27.5 Å². The molecule has 2 heterocycles. The molecule has 2 saturated heterocycles. The summed E-state index contributed by atoms with van der Waals surface area (Å²) in [6.07, 6.45) is -0.954. The number of halogens is 2. The van der Waals surface area contributed by atoms with E-state index in [0.717, 1.165) is 20.6 Å². The highest BCUT2D eigenvalue weighted by atomic mass is 79.9. The maximum Gasteiger partial charge on any atom is 0.266 e. The average Bonchev–Trinajstić information content (AvgIpc) is 3.31. The first-order valence-electron chi connectivity index (χ1n) is 9.98. The number of nitrogens with zero attached hydrogens (tertiary/aromatic N) is 2. The minimum Gasteiger partial charge on any atom is -0.496 e. The third-order valence-electron chi connectivity index (χ3n) is 5.74. The number of fused-ring (bicyclic) bond motifs is 1. The lowest BCUT2D eigenvalue weighted by Gasteiger charge is -2.29. The fourth-order valence-corrected chi connectivity index (χ4v) is 5.07. The molecule has 0 radical (unpaired) electrons. The van der Waals surface area contributed by atoms with Crippen LogP contribution in [0.25, 0.3) is 0 Å². The summed E-state index contributed by atoms with van der Waals surface area (Å²) in [4.78, 5) is 34.2. The lowest BCUT2D eigenvalue weighted by Crippen LogP contribution is -2.37. The second-order valence-electron chi connectivity index (χ2n) is 7.52. The molecule has 0 aromatic heterocycles. The van der Waals surface area contributed by atoms with Crippen LogP contribution in [0.5, 0.6) is 5.75 Å². The van der Waals surface area contributed by atoms with Crippen LogP contribution < -0.4 is 14.7 Å². The molecule has 0 bridgehead atoms. The van der Waals surface area contributed by atoms with Crippen LogP contribution in [0.3, 0.4) is 0 Å². The van der Waals surface area contributed by atoms with E-state index in [1.807, 2.05) is 48.5 Å². The molecule has 3 unspecified atom stereocenters. The van der Waals surface area contributed by atoms with Crippen molar-refractivity contribution in [3.05, 3.63) is 87.9 Å². The highest BCUT2D eigenvalue weighted by molar-refractivity contribution is 9.10. The second kappa shape index (κ2) is 8.24. The Kier molecular flexibility index (Phi) is 5.41. The van der Waals surface area contributed by atoms with Gasteiger partial charge in [0.25, 0.3) is 5.91 Å². The Bertz CT molecular complexity index is 1210. The number of carbonyl (C=O) groups is 2. The summed E-state index contributed by atoms with van der Waals surface area (Å²) < 4.78 is 6.10. The first kappa shape index (κ1) is 21.0. The molecule has 2 aliphatic rings. The van der Waals surface area contributed by atoms with E-state index in [1.165, 1.54) is 0 Å². The Balaban J connectivity index is 1.61. The van der Waals surface area contributed by atoms with E-state index >= 15 is 0 Å². The van der Waals surface area contributed by atoms with Gasteiger partial charge in [0.1, 0.15) is 11.7 Å². The van der Waals surface area contributed by atoms with Gasteiger partial charge in [-0.3, -0.25) is 14.4 Å². The van der Waals surface area contributed by atoms with E-state index in [9.17, 15) is 9.59 Å². The smallest absolute Gasteiger partial charge is 0.266 e. The molecule has 5 rings (SSSR count).